The first kappa shape index (κ1) is 30.1. The Morgan fingerprint density at radius 2 is 1.76 bits per heavy atom. The Kier molecular flexibility index (Phi) is 7.96. The molecule has 2 aromatic carbocycles. The second kappa shape index (κ2) is 11.9. The quantitative estimate of drug-likeness (QED) is 0.284. The van der Waals surface area contributed by atoms with Crippen molar-refractivity contribution in [3.05, 3.63) is 79.0 Å². The molecular formula is C32H31FN6O5S. The van der Waals surface area contributed by atoms with Gasteiger partial charge in [-0.25, -0.2) is 27.8 Å². The maximum Gasteiger partial charge on any atom is 0.264 e. The summed E-state index contributed by atoms with van der Waals surface area (Å²) < 4.78 is 48.1. The SMILES string of the molecule is COc1ncc(-c2ccc3ncnc(N4CCC5(CC4)CN(C(=O)C=CC(C)=O)C5)c3c2)cc1NS(=O)(=O)c1ccccc1F. The van der Waals surface area contributed by atoms with Crippen molar-refractivity contribution in [2.45, 2.75) is 24.7 Å². The fourth-order valence-electron chi connectivity index (χ4n) is 5.91. The number of fused-ring (bicyclic) bond motifs is 1. The number of benzene rings is 2. The molecule has 2 saturated heterocycles. The van der Waals surface area contributed by atoms with Gasteiger partial charge >= 0.3 is 0 Å². The average molecular weight is 631 g/mol. The first-order valence-corrected chi connectivity index (χ1v) is 15.8. The van der Waals surface area contributed by atoms with Crippen LogP contribution in [0.25, 0.3) is 22.0 Å². The van der Waals surface area contributed by atoms with Crippen molar-refractivity contribution < 1.29 is 27.1 Å². The predicted molar refractivity (Wildman–Crippen MR) is 167 cm³/mol. The molecule has 0 bridgehead atoms. The zero-order valence-corrected chi connectivity index (χ0v) is 25.6. The molecule has 4 aromatic rings. The van der Waals surface area contributed by atoms with Crippen LogP contribution in [0, 0.1) is 11.2 Å². The number of hydrogen-bond donors (Lipinski definition) is 1. The monoisotopic (exact) mass is 630 g/mol. The number of nitrogens with zero attached hydrogens (tertiary/aromatic N) is 5. The molecule has 13 heteroatoms. The van der Waals surface area contributed by atoms with Crippen LogP contribution in [0.1, 0.15) is 19.8 Å². The molecule has 6 rings (SSSR count). The summed E-state index contributed by atoms with van der Waals surface area (Å²) in [5, 5.41) is 0.829. The number of pyridine rings is 1. The molecular weight excluding hydrogens is 599 g/mol. The molecule has 1 N–H and O–H groups in total. The highest BCUT2D eigenvalue weighted by Gasteiger charge is 2.46. The Bertz CT molecular complexity index is 1930. The van der Waals surface area contributed by atoms with Crippen molar-refractivity contribution in [2.24, 2.45) is 5.41 Å². The third kappa shape index (κ3) is 6.07. The summed E-state index contributed by atoms with van der Waals surface area (Å²) in [6, 6.07) is 12.4. The van der Waals surface area contributed by atoms with Gasteiger partial charge in [-0.15, -0.1) is 0 Å². The lowest BCUT2D eigenvalue weighted by Gasteiger charge is -2.54. The molecule has 232 valence electrons. The summed E-state index contributed by atoms with van der Waals surface area (Å²) in [6.45, 7) is 4.28. The number of anilines is 2. The largest absolute Gasteiger partial charge is 0.480 e. The van der Waals surface area contributed by atoms with Crippen molar-refractivity contribution in [3.8, 4) is 17.0 Å². The molecule has 0 atom stereocenters. The number of amides is 1. The Morgan fingerprint density at radius 1 is 1.00 bits per heavy atom. The summed E-state index contributed by atoms with van der Waals surface area (Å²) in [4.78, 5) is 40.4. The zero-order chi connectivity index (χ0) is 31.8. The van der Waals surface area contributed by atoms with Crippen LogP contribution < -0.4 is 14.4 Å². The number of ether oxygens (including phenoxy) is 1. The highest BCUT2D eigenvalue weighted by molar-refractivity contribution is 7.92. The van der Waals surface area contributed by atoms with Crippen LogP contribution in [-0.2, 0) is 19.6 Å². The minimum atomic E-state index is -4.26. The number of ketones is 1. The van der Waals surface area contributed by atoms with Crippen LogP contribution in [0.2, 0.25) is 0 Å². The Hall–Kier alpha value is -4.91. The Labute approximate surface area is 259 Å². The molecule has 1 amide bonds. The molecule has 2 aromatic heterocycles. The fourth-order valence-corrected chi connectivity index (χ4v) is 7.03. The number of carbonyl (C=O) groups excluding carboxylic acids is 2. The number of nitrogens with one attached hydrogen (secondary N) is 1. The molecule has 45 heavy (non-hydrogen) atoms. The summed E-state index contributed by atoms with van der Waals surface area (Å²) in [5.74, 6) is -0.333. The molecule has 2 fully saturated rings. The van der Waals surface area contributed by atoms with E-state index in [0.29, 0.717) is 18.7 Å². The lowest BCUT2D eigenvalue weighted by molar-refractivity contribution is -0.139. The molecule has 0 aliphatic carbocycles. The Balaban J connectivity index is 1.23. The van der Waals surface area contributed by atoms with E-state index in [9.17, 15) is 22.4 Å². The van der Waals surface area contributed by atoms with Crippen LogP contribution in [0.4, 0.5) is 15.9 Å². The number of sulfonamides is 1. The van der Waals surface area contributed by atoms with Crippen LogP contribution in [0.3, 0.4) is 0 Å². The number of allylic oxidation sites excluding steroid dienone is 1. The molecule has 11 nitrogen and oxygen atoms in total. The molecule has 4 heterocycles. The Morgan fingerprint density at radius 3 is 2.47 bits per heavy atom. The maximum absolute atomic E-state index is 14.3. The van der Waals surface area contributed by atoms with Gasteiger partial charge in [0.2, 0.25) is 11.8 Å². The van der Waals surface area contributed by atoms with Gasteiger partial charge in [0.25, 0.3) is 10.0 Å². The van der Waals surface area contributed by atoms with Crippen molar-refractivity contribution in [1.29, 1.82) is 0 Å². The topological polar surface area (TPSA) is 135 Å². The van der Waals surface area contributed by atoms with Gasteiger partial charge in [0.05, 0.1) is 12.6 Å². The molecule has 2 aliphatic rings. The number of rotatable bonds is 8. The zero-order valence-electron chi connectivity index (χ0n) is 24.7. The van der Waals surface area contributed by atoms with E-state index in [4.69, 9.17) is 4.74 Å². The number of aromatic nitrogens is 3. The number of hydrogen-bond acceptors (Lipinski definition) is 9. The summed E-state index contributed by atoms with van der Waals surface area (Å²) in [6.07, 6.45) is 7.55. The first-order chi connectivity index (χ1) is 21.6. The van der Waals surface area contributed by atoms with Gasteiger partial charge in [0.15, 0.2) is 5.78 Å². The minimum Gasteiger partial charge on any atom is -0.480 e. The van der Waals surface area contributed by atoms with E-state index in [1.54, 1.807) is 17.2 Å². The van der Waals surface area contributed by atoms with Gasteiger partial charge in [-0.05, 0) is 61.7 Å². The van der Waals surface area contributed by atoms with Crippen LogP contribution in [0.5, 0.6) is 5.88 Å². The smallest absolute Gasteiger partial charge is 0.264 e. The highest BCUT2D eigenvalue weighted by atomic mass is 32.2. The average Bonchev–Trinajstić information content (AvgIpc) is 3.02. The van der Waals surface area contributed by atoms with Gasteiger partial charge < -0.3 is 14.5 Å². The molecule has 1 spiro atoms. The minimum absolute atomic E-state index is 0.0388. The number of methoxy groups -OCH3 is 1. The van der Waals surface area contributed by atoms with Crippen molar-refractivity contribution in [2.75, 3.05) is 42.9 Å². The first-order valence-electron chi connectivity index (χ1n) is 14.4. The molecule has 0 saturated carbocycles. The standard InChI is InChI=1S/C32H31FN6O5S/c1-21(40)7-10-29(41)39-18-32(19-39)11-13-38(14-12-32)30-24-15-22(8-9-26(24)35-20-36-30)23-16-27(31(44-2)34-17-23)37-45(42,43)28-6-4-3-5-25(28)33/h3-10,15-17,20,37H,11-14,18-19H2,1-2H3. The van der Waals surface area contributed by atoms with E-state index >= 15 is 0 Å². The van der Waals surface area contributed by atoms with Crippen molar-refractivity contribution in [1.82, 2.24) is 19.9 Å². The maximum atomic E-state index is 14.3. The van der Waals surface area contributed by atoms with Crippen molar-refractivity contribution in [3.63, 3.8) is 0 Å². The highest BCUT2D eigenvalue weighted by Crippen LogP contribution is 2.42. The van der Waals surface area contributed by atoms with E-state index in [-0.39, 0.29) is 28.7 Å². The van der Waals surface area contributed by atoms with Gasteiger partial charge in [-0.2, -0.15) is 0 Å². The predicted octanol–water partition coefficient (Wildman–Crippen LogP) is 4.21. The number of carbonyl (C=O) groups is 2. The molecule has 0 unspecified atom stereocenters. The lowest BCUT2D eigenvalue weighted by atomic mass is 9.72. The number of halogens is 1. The van der Waals surface area contributed by atoms with E-state index in [1.165, 1.54) is 50.7 Å². The van der Waals surface area contributed by atoms with Crippen LogP contribution >= 0.6 is 0 Å². The van der Waals surface area contributed by atoms with Crippen molar-refractivity contribution >= 4 is 44.1 Å². The van der Waals surface area contributed by atoms with Gasteiger partial charge in [0.1, 0.15) is 28.5 Å². The normalized spacial score (nSPS) is 16.2. The van der Waals surface area contributed by atoms with E-state index in [0.717, 1.165) is 54.3 Å². The van der Waals surface area contributed by atoms with Gasteiger partial charge in [-0.3, -0.25) is 14.3 Å². The third-order valence-electron chi connectivity index (χ3n) is 8.31. The second-order valence-electron chi connectivity index (χ2n) is 11.4. The fraction of sp³-hybridized carbons (Fsp3) is 0.281. The third-order valence-corrected chi connectivity index (χ3v) is 9.71. The number of likely N-dealkylation sites (tertiary alicyclic amines) is 1. The summed E-state index contributed by atoms with van der Waals surface area (Å²) in [5.41, 5.74) is 2.23. The lowest BCUT2D eigenvalue weighted by Crippen LogP contribution is -2.61. The number of piperidine rings is 1. The molecule has 0 radical (unpaired) electrons. The van der Waals surface area contributed by atoms with E-state index in [2.05, 4.69) is 24.6 Å². The van der Waals surface area contributed by atoms with Crippen LogP contribution in [0.15, 0.2) is 78.1 Å². The van der Waals surface area contributed by atoms with Gasteiger partial charge in [-0.1, -0.05) is 18.2 Å². The van der Waals surface area contributed by atoms with Gasteiger partial charge in [0, 0.05) is 54.8 Å². The van der Waals surface area contributed by atoms with E-state index < -0.39 is 20.7 Å². The summed E-state index contributed by atoms with van der Waals surface area (Å²) in [7, 11) is -2.89. The van der Waals surface area contributed by atoms with Crippen LogP contribution in [-0.4, -0.2) is 73.2 Å². The second-order valence-corrected chi connectivity index (χ2v) is 13.0. The summed E-state index contributed by atoms with van der Waals surface area (Å²) >= 11 is 0. The van der Waals surface area contributed by atoms with E-state index in [1.807, 2.05) is 18.2 Å². The molecule has 2 aliphatic heterocycles.